The molecule has 8 nitrogen and oxygen atoms in total. The predicted octanol–water partition coefficient (Wildman–Crippen LogP) is 3.51. The van der Waals surface area contributed by atoms with Gasteiger partial charge in [0, 0.05) is 31.0 Å². The molecule has 0 fully saturated rings. The van der Waals surface area contributed by atoms with E-state index in [0.29, 0.717) is 59.6 Å². The third-order valence-electron chi connectivity index (χ3n) is 5.21. The Bertz CT molecular complexity index is 1290. The van der Waals surface area contributed by atoms with E-state index in [4.69, 9.17) is 20.4 Å². The molecule has 4 aromatic rings. The van der Waals surface area contributed by atoms with Gasteiger partial charge in [0.05, 0.1) is 11.0 Å². The van der Waals surface area contributed by atoms with Crippen molar-refractivity contribution in [3.05, 3.63) is 59.7 Å². The van der Waals surface area contributed by atoms with Crippen molar-refractivity contribution in [3.63, 3.8) is 0 Å². The molecule has 0 aliphatic rings. The maximum atomic E-state index is 13.1. The largest absolute Gasteiger partial charge is 0.384 e. The summed E-state index contributed by atoms with van der Waals surface area (Å²) in [7, 11) is 0. The van der Waals surface area contributed by atoms with Gasteiger partial charge in [-0.1, -0.05) is 12.1 Å². The van der Waals surface area contributed by atoms with Crippen molar-refractivity contribution >= 4 is 39.7 Å². The van der Waals surface area contributed by atoms with Gasteiger partial charge in [-0.05, 0) is 56.7 Å². The second-order valence-corrected chi connectivity index (χ2v) is 7.39. The van der Waals surface area contributed by atoms with E-state index in [2.05, 4.69) is 5.32 Å². The number of hydrogen-bond donors (Lipinski definition) is 2. The van der Waals surface area contributed by atoms with E-state index in [1.165, 1.54) is 6.92 Å². The first-order valence-electron chi connectivity index (χ1n) is 10.5. The van der Waals surface area contributed by atoms with Gasteiger partial charge < -0.3 is 15.8 Å². The first kappa shape index (κ1) is 21.5. The topological polar surface area (TPSA) is 112 Å². The van der Waals surface area contributed by atoms with Crippen LogP contribution in [0.2, 0.25) is 0 Å². The minimum atomic E-state index is -0.312. The van der Waals surface area contributed by atoms with Crippen LogP contribution in [0.4, 0.5) is 5.82 Å². The van der Waals surface area contributed by atoms with Crippen molar-refractivity contribution in [2.75, 3.05) is 25.5 Å². The van der Waals surface area contributed by atoms with Crippen LogP contribution in [0, 0.1) is 0 Å². The summed E-state index contributed by atoms with van der Waals surface area (Å²) in [4.78, 5) is 34.2. The fourth-order valence-electron chi connectivity index (χ4n) is 3.60. The van der Waals surface area contributed by atoms with Crippen LogP contribution in [0.3, 0.4) is 0 Å². The number of nitrogens with zero attached hydrogens (tertiary/aromatic N) is 3. The first-order valence-corrected chi connectivity index (χ1v) is 10.5. The van der Waals surface area contributed by atoms with Crippen molar-refractivity contribution in [1.82, 2.24) is 19.9 Å². The van der Waals surface area contributed by atoms with E-state index < -0.39 is 0 Å². The predicted molar refractivity (Wildman–Crippen MR) is 124 cm³/mol. The maximum absolute atomic E-state index is 13.1. The molecule has 4 rings (SSSR count). The lowest BCUT2D eigenvalue weighted by molar-refractivity contribution is 0.0945. The number of amides is 1. The van der Waals surface area contributed by atoms with E-state index in [0.717, 1.165) is 0 Å². The van der Waals surface area contributed by atoms with Gasteiger partial charge in [-0.15, -0.1) is 0 Å². The van der Waals surface area contributed by atoms with E-state index in [1.807, 2.05) is 31.2 Å². The van der Waals surface area contributed by atoms with Gasteiger partial charge in [0.15, 0.2) is 11.4 Å². The Hall–Kier alpha value is -3.78. The normalized spacial score (nSPS) is 11.2. The van der Waals surface area contributed by atoms with E-state index in [1.54, 1.807) is 28.8 Å². The zero-order valence-corrected chi connectivity index (χ0v) is 18.1. The van der Waals surface area contributed by atoms with Crippen LogP contribution in [-0.4, -0.2) is 46.0 Å². The number of nitrogens with two attached hydrogens (primary N) is 1. The van der Waals surface area contributed by atoms with Crippen LogP contribution in [0.5, 0.6) is 0 Å². The van der Waals surface area contributed by atoms with Crippen LogP contribution in [-0.2, 0) is 4.74 Å². The average Bonchev–Trinajstić information content (AvgIpc) is 3.08. The number of nitrogens with one attached hydrogen (secondary N) is 1. The highest BCUT2D eigenvalue weighted by molar-refractivity contribution is 6.11. The highest BCUT2D eigenvalue weighted by atomic mass is 16.5. The number of carbonyl (C=O) groups excluding carboxylic acids is 2. The Balaban J connectivity index is 1.82. The fraction of sp³-hybridized carbons (Fsp3) is 0.250. The molecule has 2 aromatic heterocycles. The molecular weight excluding hydrogens is 406 g/mol. The molecular formula is C24H25N5O3. The van der Waals surface area contributed by atoms with Crippen molar-refractivity contribution in [3.8, 4) is 5.69 Å². The van der Waals surface area contributed by atoms with Gasteiger partial charge in [-0.25, -0.2) is 9.97 Å². The molecule has 2 heterocycles. The molecule has 0 atom stereocenters. The Morgan fingerprint density at radius 3 is 2.41 bits per heavy atom. The van der Waals surface area contributed by atoms with Crippen molar-refractivity contribution in [2.45, 2.75) is 20.3 Å². The highest BCUT2D eigenvalue weighted by Gasteiger charge is 2.24. The standard InChI is InChI=1S/C24H25N5O3/c1-3-32-14-6-13-26-24(31)20-21-23(28-19-8-5-4-7-18(19)27-21)29(22(20)25)17-11-9-16(10-12-17)15(2)30/h4-5,7-12H,3,6,13-14,25H2,1-2H3,(H,26,31). The number of rotatable bonds is 8. The third kappa shape index (κ3) is 4.04. The van der Waals surface area contributed by atoms with Gasteiger partial charge in [-0.2, -0.15) is 0 Å². The Morgan fingerprint density at radius 2 is 1.75 bits per heavy atom. The van der Waals surface area contributed by atoms with Crippen LogP contribution in [0.1, 0.15) is 41.0 Å². The van der Waals surface area contributed by atoms with Crippen LogP contribution in [0.25, 0.3) is 27.9 Å². The summed E-state index contributed by atoms with van der Waals surface area (Å²) in [5, 5.41) is 2.90. The van der Waals surface area contributed by atoms with E-state index in [9.17, 15) is 9.59 Å². The molecule has 0 saturated heterocycles. The summed E-state index contributed by atoms with van der Waals surface area (Å²) in [5.41, 5.74) is 10.3. The summed E-state index contributed by atoms with van der Waals surface area (Å²) in [6, 6.07) is 14.5. The maximum Gasteiger partial charge on any atom is 0.257 e. The lowest BCUT2D eigenvalue weighted by Crippen LogP contribution is -2.26. The molecule has 0 bridgehead atoms. The SMILES string of the molecule is CCOCCCNC(=O)c1c(N)n(-c2ccc(C(C)=O)cc2)c2nc3ccccc3nc12. The van der Waals surface area contributed by atoms with E-state index >= 15 is 0 Å². The molecule has 0 unspecified atom stereocenters. The van der Waals surface area contributed by atoms with Crippen molar-refractivity contribution in [1.29, 1.82) is 0 Å². The summed E-state index contributed by atoms with van der Waals surface area (Å²) >= 11 is 0. The monoisotopic (exact) mass is 431 g/mol. The molecule has 32 heavy (non-hydrogen) atoms. The Morgan fingerprint density at radius 1 is 1.06 bits per heavy atom. The van der Waals surface area contributed by atoms with Gasteiger partial charge >= 0.3 is 0 Å². The molecule has 3 N–H and O–H groups in total. The number of ether oxygens (including phenoxy) is 1. The van der Waals surface area contributed by atoms with Gasteiger partial charge in [0.2, 0.25) is 0 Å². The number of para-hydroxylation sites is 2. The summed E-state index contributed by atoms with van der Waals surface area (Å²) < 4.78 is 7.03. The summed E-state index contributed by atoms with van der Waals surface area (Å²) in [6.45, 7) is 5.11. The average molecular weight is 431 g/mol. The van der Waals surface area contributed by atoms with Crippen molar-refractivity contribution < 1.29 is 14.3 Å². The van der Waals surface area contributed by atoms with Crippen LogP contribution < -0.4 is 11.1 Å². The minimum absolute atomic E-state index is 0.0280. The molecule has 0 saturated carbocycles. The molecule has 2 aromatic carbocycles. The molecule has 0 radical (unpaired) electrons. The van der Waals surface area contributed by atoms with Crippen LogP contribution >= 0.6 is 0 Å². The number of benzene rings is 2. The molecule has 164 valence electrons. The summed E-state index contributed by atoms with van der Waals surface area (Å²) in [6.07, 6.45) is 0.694. The quantitative estimate of drug-likeness (QED) is 0.326. The zero-order chi connectivity index (χ0) is 22.7. The van der Waals surface area contributed by atoms with E-state index in [-0.39, 0.29) is 23.1 Å². The van der Waals surface area contributed by atoms with Gasteiger partial charge in [0.1, 0.15) is 16.9 Å². The second-order valence-electron chi connectivity index (χ2n) is 7.39. The molecule has 0 aliphatic heterocycles. The minimum Gasteiger partial charge on any atom is -0.384 e. The number of ketones is 1. The molecule has 1 amide bonds. The molecule has 0 aliphatic carbocycles. The second kappa shape index (κ2) is 9.15. The smallest absolute Gasteiger partial charge is 0.257 e. The number of fused-ring (bicyclic) bond motifs is 2. The fourth-order valence-corrected chi connectivity index (χ4v) is 3.60. The third-order valence-corrected chi connectivity index (χ3v) is 5.21. The first-order chi connectivity index (χ1) is 15.5. The zero-order valence-electron chi connectivity index (χ0n) is 18.1. The Labute approximate surface area is 185 Å². The number of aromatic nitrogens is 3. The van der Waals surface area contributed by atoms with Gasteiger partial charge in [0.25, 0.3) is 5.91 Å². The number of anilines is 1. The lowest BCUT2D eigenvalue weighted by Gasteiger charge is -2.09. The van der Waals surface area contributed by atoms with Gasteiger partial charge in [-0.3, -0.25) is 14.2 Å². The molecule has 8 heteroatoms. The molecule has 0 spiro atoms. The number of carbonyl (C=O) groups is 2. The number of Topliss-reactive ketones (excluding diaryl/α,β-unsaturated/α-hetero) is 1. The number of nitrogen functional groups attached to an aromatic ring is 1. The summed E-state index contributed by atoms with van der Waals surface area (Å²) in [5.74, 6) is -0.0966. The number of hydrogen-bond acceptors (Lipinski definition) is 6. The lowest BCUT2D eigenvalue weighted by atomic mass is 10.1. The Kier molecular flexibility index (Phi) is 6.13. The van der Waals surface area contributed by atoms with Crippen molar-refractivity contribution in [2.24, 2.45) is 0 Å². The highest BCUT2D eigenvalue weighted by Crippen LogP contribution is 2.31. The van der Waals surface area contributed by atoms with Crippen LogP contribution in [0.15, 0.2) is 48.5 Å².